The molecule has 3 aliphatic carbocycles. The van der Waals surface area contributed by atoms with Crippen LogP contribution in [0.3, 0.4) is 0 Å². The molecule has 10 aromatic rings. The summed E-state index contributed by atoms with van der Waals surface area (Å²) in [4.78, 5) is 10.1. The molecule has 3 unspecified atom stereocenters. The monoisotopic (exact) mass is 1270 g/mol. The van der Waals surface area contributed by atoms with Crippen molar-refractivity contribution in [3.8, 4) is 44.5 Å². The third-order valence-electron chi connectivity index (χ3n) is 19.0. The molecule has 0 spiro atoms. The van der Waals surface area contributed by atoms with Crippen LogP contribution in [0.25, 0.3) is 44.5 Å². The second kappa shape index (κ2) is 19.6. The number of aromatic nitrogens is 1. The number of hydrogen-bond acceptors (Lipinski definition) is 3. The summed E-state index contributed by atoms with van der Waals surface area (Å²) in [6, 6.07) is 83.1. The maximum atomic E-state index is 5.55. The predicted octanol–water partition coefficient (Wildman–Crippen LogP) is 18.7. The fourth-order valence-corrected chi connectivity index (χ4v) is 14.9. The van der Waals surface area contributed by atoms with E-state index < -0.39 is 16.4 Å². The van der Waals surface area contributed by atoms with E-state index in [1.165, 1.54) is 100 Å². The van der Waals surface area contributed by atoms with Crippen LogP contribution in [0.1, 0.15) is 151 Å². The minimum atomic E-state index is -0.875. The van der Waals surface area contributed by atoms with Crippen LogP contribution in [0.4, 0.5) is 0 Å². The third-order valence-corrected chi connectivity index (χ3v) is 19.0. The Balaban J connectivity index is 0.00000658. The number of aryl methyl sites for hydroxylation is 2. The summed E-state index contributed by atoms with van der Waals surface area (Å²) in [6.07, 6.45) is 6.45. The van der Waals surface area contributed by atoms with Crippen LogP contribution in [-0.4, -0.2) is 21.8 Å². The van der Waals surface area contributed by atoms with Crippen molar-refractivity contribution in [2.24, 2.45) is 0 Å². The molecular formula is C80H72N3Pt-3. The molecule has 2 heterocycles. The minimum absolute atomic E-state index is 0. The van der Waals surface area contributed by atoms with E-state index in [2.05, 4.69) is 318 Å². The number of nitrogens with zero attached hydrogens (tertiary/aromatic N) is 3. The number of fused-ring (bicyclic) bond motifs is 9. The van der Waals surface area contributed by atoms with E-state index in [-0.39, 0.29) is 37.3 Å². The Morgan fingerprint density at radius 2 is 0.810 bits per heavy atom. The van der Waals surface area contributed by atoms with Gasteiger partial charge in [-0.2, -0.15) is 55.2 Å². The van der Waals surface area contributed by atoms with Gasteiger partial charge in [0.2, 0.25) is 0 Å². The van der Waals surface area contributed by atoms with Gasteiger partial charge in [-0.05, 0) is 167 Å². The molecule has 0 radical (unpaired) electrons. The molecule has 3 nitrogen and oxygen atoms in total. The van der Waals surface area contributed by atoms with Gasteiger partial charge in [0.1, 0.15) is 0 Å². The average molecular weight is 1270 g/mol. The molecule has 14 rings (SSSR count). The van der Waals surface area contributed by atoms with Gasteiger partial charge in [0.25, 0.3) is 0 Å². The topological polar surface area (TPSA) is 19.4 Å². The summed E-state index contributed by atoms with van der Waals surface area (Å²) < 4.78 is 0. The molecule has 4 aliphatic rings. The number of rotatable bonds is 7. The Labute approximate surface area is 513 Å². The van der Waals surface area contributed by atoms with Crippen LogP contribution in [0.15, 0.2) is 213 Å². The standard InChI is InChI=1S/C80H72N3.Pt/c1-51-22-19-23-52(2)74(51)53-40-41-81-73(44-53)79(68-32-17-14-29-62(68)65-48-55(76(6,7)8)35-38-70(65)79)59-26-20-24-57(45-59)78(67-31-16-13-28-61(67)64-47-54(75(3,4)5)34-37-69(64)78)58-25-21-27-60(46-58)80(83-43-42-82(12)50-83)71-33-18-15-30-63(71)66-49-56(77(9,10)11)36-39-72(66)80;/h13-44,47-50H,1-12H3;/q-3;. The zero-order chi connectivity index (χ0) is 57.6. The Morgan fingerprint density at radius 1 is 0.405 bits per heavy atom. The normalized spacial score (nSPS) is 19.1. The summed E-state index contributed by atoms with van der Waals surface area (Å²) in [6.45, 7) is 27.6. The van der Waals surface area contributed by atoms with Crippen molar-refractivity contribution < 1.29 is 21.1 Å². The van der Waals surface area contributed by atoms with Crippen LogP contribution in [0, 0.1) is 32.6 Å². The van der Waals surface area contributed by atoms with Crippen molar-refractivity contribution in [3.05, 3.63) is 321 Å². The predicted molar refractivity (Wildman–Crippen MR) is 342 cm³/mol. The molecule has 0 fully saturated rings. The summed E-state index contributed by atoms with van der Waals surface area (Å²) in [5.74, 6) is 0. The summed E-state index contributed by atoms with van der Waals surface area (Å²) in [5.41, 5.74) is 26.1. The number of benzene rings is 9. The first-order valence-corrected chi connectivity index (χ1v) is 29.6. The van der Waals surface area contributed by atoms with Gasteiger partial charge in [0, 0.05) is 32.7 Å². The maximum absolute atomic E-state index is 5.55. The smallest absolute Gasteiger partial charge is 0.0686 e. The van der Waals surface area contributed by atoms with Crippen LogP contribution >= 0.6 is 0 Å². The second-order valence-electron chi connectivity index (χ2n) is 27.0. The van der Waals surface area contributed by atoms with E-state index >= 15 is 0 Å². The number of hydrogen-bond donors (Lipinski definition) is 0. The molecule has 1 aromatic heterocycles. The fraction of sp³-hybridized carbons (Fsp3) is 0.225. The van der Waals surface area contributed by atoms with E-state index in [0.29, 0.717) is 0 Å². The first-order chi connectivity index (χ1) is 39.8. The van der Waals surface area contributed by atoms with Crippen LogP contribution in [0.2, 0.25) is 0 Å². The van der Waals surface area contributed by atoms with Gasteiger partial charge in [0.05, 0.1) is 16.6 Å². The zero-order valence-corrected chi connectivity index (χ0v) is 52.7. The van der Waals surface area contributed by atoms with Crippen LogP contribution in [0.5, 0.6) is 0 Å². The quantitative estimate of drug-likeness (QED) is 0.148. The van der Waals surface area contributed by atoms with Crippen molar-refractivity contribution >= 4 is 0 Å². The Kier molecular flexibility index (Phi) is 12.9. The van der Waals surface area contributed by atoms with Gasteiger partial charge < -0.3 is 9.80 Å². The van der Waals surface area contributed by atoms with Gasteiger partial charge in [-0.3, -0.25) is 4.98 Å². The maximum Gasteiger partial charge on any atom is 0.0686 e. The van der Waals surface area contributed by atoms with Gasteiger partial charge in [0.15, 0.2) is 0 Å². The molecule has 9 aromatic carbocycles. The van der Waals surface area contributed by atoms with Crippen molar-refractivity contribution in [2.45, 2.75) is 109 Å². The van der Waals surface area contributed by atoms with Crippen molar-refractivity contribution in [3.63, 3.8) is 0 Å². The molecule has 0 N–H and O–H groups in total. The van der Waals surface area contributed by atoms with E-state index in [1.54, 1.807) is 0 Å². The molecule has 0 saturated carbocycles. The second-order valence-corrected chi connectivity index (χ2v) is 27.0. The summed E-state index contributed by atoms with van der Waals surface area (Å²) in [5, 5.41) is 0. The van der Waals surface area contributed by atoms with Crippen molar-refractivity contribution in [1.29, 1.82) is 0 Å². The first kappa shape index (κ1) is 55.4. The molecule has 420 valence electrons. The molecular weight excluding hydrogens is 1200 g/mol. The summed E-state index contributed by atoms with van der Waals surface area (Å²) >= 11 is 0. The molecule has 84 heavy (non-hydrogen) atoms. The molecule has 4 heteroatoms. The van der Waals surface area contributed by atoms with Gasteiger partial charge in [-0.1, -0.05) is 208 Å². The SMILES string of the molecule is Cc1cccc(C)c1-c1ccnc(C2(c3[c-]c(C4(c5[c-]c(C6(N7C=CN(C)[CH-]7)c7ccccc7-c7cc(C(C)(C)C)ccc76)ccc5)c5ccccc5-c5cc(C(C)(C)C)ccc54)ccc3)c3ccccc3-c3cc(C(C)(C)C)ccc32)c1.[Pt]. The van der Waals surface area contributed by atoms with Gasteiger partial charge in [-0.15, -0.1) is 22.3 Å². The molecule has 0 saturated heterocycles. The Hall–Kier alpha value is -7.84. The molecule has 3 atom stereocenters. The van der Waals surface area contributed by atoms with Crippen molar-refractivity contribution in [2.75, 3.05) is 7.05 Å². The molecule has 1 aliphatic heterocycles. The Morgan fingerprint density at radius 3 is 1.33 bits per heavy atom. The first-order valence-electron chi connectivity index (χ1n) is 29.6. The average Bonchev–Trinajstić information content (AvgIpc) is 1.53. The van der Waals surface area contributed by atoms with E-state index in [4.69, 9.17) is 4.98 Å². The van der Waals surface area contributed by atoms with Gasteiger partial charge in [-0.25, -0.2) is 0 Å². The molecule has 0 bridgehead atoms. The van der Waals surface area contributed by atoms with Crippen molar-refractivity contribution in [1.82, 2.24) is 14.8 Å². The molecule has 0 amide bonds. The van der Waals surface area contributed by atoms with Crippen LogP contribution < -0.4 is 0 Å². The summed E-state index contributed by atoms with van der Waals surface area (Å²) in [7, 11) is 2.12. The third kappa shape index (κ3) is 7.97. The van der Waals surface area contributed by atoms with E-state index in [1.807, 2.05) is 6.20 Å². The largest absolute Gasteiger partial charge is 0.511 e. The Bertz CT molecular complexity index is 4310. The minimum Gasteiger partial charge on any atom is -0.511 e. The van der Waals surface area contributed by atoms with Crippen LogP contribution in [-0.2, 0) is 53.7 Å². The fourth-order valence-electron chi connectivity index (χ4n) is 14.9. The zero-order valence-electron chi connectivity index (χ0n) is 50.4. The number of pyridine rings is 1. The van der Waals surface area contributed by atoms with Gasteiger partial charge >= 0.3 is 0 Å². The van der Waals surface area contributed by atoms with E-state index in [0.717, 1.165) is 33.5 Å². The van der Waals surface area contributed by atoms with E-state index in [9.17, 15) is 0 Å².